The van der Waals surface area contributed by atoms with Crippen molar-refractivity contribution in [2.24, 2.45) is 5.73 Å². The van der Waals surface area contributed by atoms with Gasteiger partial charge in [-0.05, 0) is 36.2 Å². The van der Waals surface area contributed by atoms with Crippen LogP contribution < -0.4 is 5.73 Å². The van der Waals surface area contributed by atoms with Crippen LogP contribution in [0.2, 0.25) is 5.02 Å². The van der Waals surface area contributed by atoms with Crippen LogP contribution in [0.5, 0.6) is 0 Å². The van der Waals surface area contributed by atoms with Crippen LogP contribution in [0.3, 0.4) is 0 Å². The van der Waals surface area contributed by atoms with Gasteiger partial charge >= 0.3 is 0 Å². The van der Waals surface area contributed by atoms with Crippen LogP contribution in [-0.2, 0) is 5.75 Å². The number of nitrogens with two attached hydrogens (primary N) is 1. The number of hydrogen-bond donors (Lipinski definition) is 1. The van der Waals surface area contributed by atoms with Gasteiger partial charge in [0.2, 0.25) is 0 Å². The lowest BCUT2D eigenvalue weighted by Gasteiger charge is -2.07. The van der Waals surface area contributed by atoms with E-state index in [0.717, 1.165) is 16.3 Å². The molecule has 0 aliphatic rings. The number of benzene rings is 2. The van der Waals surface area contributed by atoms with E-state index < -0.39 is 0 Å². The zero-order valence-corrected chi connectivity index (χ0v) is 11.8. The first-order valence-corrected chi connectivity index (χ1v) is 7.25. The zero-order valence-electron chi connectivity index (χ0n) is 10.3. The monoisotopic (exact) mass is 277 g/mol. The molecule has 0 radical (unpaired) electrons. The first-order valence-electron chi connectivity index (χ1n) is 5.88. The molecule has 0 aromatic heterocycles. The molecular formula is C15H16ClNS. The van der Waals surface area contributed by atoms with Crippen molar-refractivity contribution in [1.29, 1.82) is 0 Å². The van der Waals surface area contributed by atoms with E-state index in [9.17, 15) is 0 Å². The second-order valence-electron chi connectivity index (χ2n) is 4.24. The number of rotatable bonds is 4. The molecule has 2 aromatic rings. The average Bonchev–Trinajstić information content (AvgIpc) is 2.38. The molecule has 0 aliphatic heterocycles. The van der Waals surface area contributed by atoms with Crippen LogP contribution in [0.15, 0.2) is 53.4 Å². The Balaban J connectivity index is 2.00. The fraction of sp³-hybridized carbons (Fsp3) is 0.200. The normalized spacial score (nSPS) is 12.4. The van der Waals surface area contributed by atoms with Gasteiger partial charge in [0.25, 0.3) is 0 Å². The Hall–Kier alpha value is -0.960. The minimum absolute atomic E-state index is 0.0904. The smallest absolute Gasteiger partial charge is 0.0446 e. The molecule has 0 bridgehead atoms. The predicted molar refractivity (Wildman–Crippen MR) is 80.1 cm³/mol. The van der Waals surface area contributed by atoms with Gasteiger partial charge in [-0.3, -0.25) is 0 Å². The summed E-state index contributed by atoms with van der Waals surface area (Å²) < 4.78 is 0. The summed E-state index contributed by atoms with van der Waals surface area (Å²) in [7, 11) is 0. The molecule has 3 heteroatoms. The third-order valence-electron chi connectivity index (χ3n) is 2.76. The van der Waals surface area contributed by atoms with E-state index in [0.29, 0.717) is 0 Å². The largest absolute Gasteiger partial charge is 0.324 e. The van der Waals surface area contributed by atoms with Crippen LogP contribution >= 0.6 is 23.4 Å². The van der Waals surface area contributed by atoms with Crippen LogP contribution in [0.25, 0.3) is 0 Å². The van der Waals surface area contributed by atoms with Crippen molar-refractivity contribution in [3.8, 4) is 0 Å². The minimum atomic E-state index is 0.0904. The summed E-state index contributed by atoms with van der Waals surface area (Å²) in [6.45, 7) is 1.99. The third-order valence-corrected chi connectivity index (χ3v) is 4.19. The van der Waals surface area contributed by atoms with E-state index in [2.05, 4.69) is 30.3 Å². The highest BCUT2D eigenvalue weighted by Crippen LogP contribution is 2.27. The molecule has 0 amide bonds. The Morgan fingerprint density at radius 3 is 2.39 bits per heavy atom. The van der Waals surface area contributed by atoms with Gasteiger partial charge in [-0.25, -0.2) is 0 Å². The third kappa shape index (κ3) is 3.52. The predicted octanol–water partition coefficient (Wildman–Crippen LogP) is 4.65. The van der Waals surface area contributed by atoms with E-state index in [1.807, 2.05) is 25.1 Å². The summed E-state index contributed by atoms with van der Waals surface area (Å²) in [4.78, 5) is 1.24. The molecule has 0 heterocycles. The topological polar surface area (TPSA) is 26.0 Å². The molecule has 18 heavy (non-hydrogen) atoms. The molecular weight excluding hydrogens is 262 g/mol. The lowest BCUT2D eigenvalue weighted by Crippen LogP contribution is -2.04. The Bertz CT molecular complexity index is 508. The van der Waals surface area contributed by atoms with E-state index in [1.54, 1.807) is 11.8 Å². The van der Waals surface area contributed by atoms with Crippen molar-refractivity contribution < 1.29 is 0 Å². The van der Waals surface area contributed by atoms with E-state index >= 15 is 0 Å². The van der Waals surface area contributed by atoms with Gasteiger partial charge in [0.05, 0.1) is 0 Å². The molecule has 2 aromatic carbocycles. The maximum absolute atomic E-state index is 6.13. The highest BCUT2D eigenvalue weighted by molar-refractivity contribution is 7.98. The highest BCUT2D eigenvalue weighted by Gasteiger charge is 2.02. The molecule has 94 valence electrons. The number of thioether (sulfide) groups is 1. The van der Waals surface area contributed by atoms with E-state index in [4.69, 9.17) is 17.3 Å². The molecule has 1 atom stereocenters. The Labute approximate surface area is 117 Å². The van der Waals surface area contributed by atoms with Gasteiger partial charge in [-0.2, -0.15) is 0 Å². The maximum atomic E-state index is 6.13. The van der Waals surface area contributed by atoms with Gasteiger partial charge in [0.15, 0.2) is 0 Å². The van der Waals surface area contributed by atoms with E-state index in [1.165, 1.54) is 10.5 Å². The van der Waals surface area contributed by atoms with Crippen molar-refractivity contribution >= 4 is 23.4 Å². The SMILES string of the molecule is C[C@@H](N)c1ccc(SCc2ccccc2Cl)cc1. The molecule has 0 saturated heterocycles. The van der Waals surface area contributed by atoms with Gasteiger partial charge in [0.1, 0.15) is 0 Å². The van der Waals surface area contributed by atoms with Crippen molar-refractivity contribution in [2.75, 3.05) is 0 Å². The standard InChI is InChI=1S/C15H16ClNS/c1-11(17)12-6-8-14(9-7-12)18-10-13-4-2-3-5-15(13)16/h2-9,11H,10,17H2,1H3/t11-/m1/s1. The van der Waals surface area contributed by atoms with Crippen molar-refractivity contribution in [3.05, 3.63) is 64.7 Å². The highest BCUT2D eigenvalue weighted by atomic mass is 35.5. The average molecular weight is 278 g/mol. The van der Waals surface area contributed by atoms with E-state index in [-0.39, 0.29) is 6.04 Å². The first kappa shape index (κ1) is 13.5. The molecule has 2 N–H and O–H groups in total. The quantitative estimate of drug-likeness (QED) is 0.823. The van der Waals surface area contributed by atoms with Gasteiger partial charge in [-0.15, -0.1) is 11.8 Å². The summed E-state index contributed by atoms with van der Waals surface area (Å²) in [6, 6.07) is 16.4. The molecule has 0 spiro atoms. The maximum Gasteiger partial charge on any atom is 0.0446 e. The molecule has 2 rings (SSSR count). The van der Waals surface area contributed by atoms with Crippen molar-refractivity contribution in [3.63, 3.8) is 0 Å². The summed E-state index contributed by atoms with van der Waals surface area (Å²) in [5, 5.41) is 0.831. The summed E-state index contributed by atoms with van der Waals surface area (Å²) in [6.07, 6.45) is 0. The van der Waals surface area contributed by atoms with Gasteiger partial charge < -0.3 is 5.73 Å². The number of hydrogen-bond acceptors (Lipinski definition) is 2. The van der Waals surface area contributed by atoms with Crippen LogP contribution in [0.1, 0.15) is 24.1 Å². The van der Waals surface area contributed by atoms with Gasteiger partial charge in [0, 0.05) is 21.7 Å². The first-order chi connectivity index (χ1) is 8.66. The summed E-state index contributed by atoms with van der Waals surface area (Å²) in [5.74, 6) is 0.886. The fourth-order valence-electron chi connectivity index (χ4n) is 1.64. The second-order valence-corrected chi connectivity index (χ2v) is 5.69. The van der Waals surface area contributed by atoms with Gasteiger partial charge in [-0.1, -0.05) is 41.9 Å². The van der Waals surface area contributed by atoms with Crippen LogP contribution in [-0.4, -0.2) is 0 Å². The Kier molecular flexibility index (Phi) is 4.70. The lowest BCUT2D eigenvalue weighted by molar-refractivity contribution is 0.817. The molecule has 0 fully saturated rings. The van der Waals surface area contributed by atoms with Crippen LogP contribution in [0, 0.1) is 0 Å². The zero-order chi connectivity index (χ0) is 13.0. The molecule has 0 aliphatic carbocycles. The van der Waals surface area contributed by atoms with Crippen molar-refractivity contribution in [2.45, 2.75) is 23.6 Å². The lowest BCUT2D eigenvalue weighted by atomic mass is 10.1. The molecule has 1 nitrogen and oxygen atoms in total. The summed E-state index contributed by atoms with van der Waals surface area (Å²) >= 11 is 7.91. The second kappa shape index (κ2) is 6.28. The van der Waals surface area contributed by atoms with Crippen molar-refractivity contribution in [1.82, 2.24) is 0 Å². The Morgan fingerprint density at radius 2 is 1.78 bits per heavy atom. The minimum Gasteiger partial charge on any atom is -0.324 e. The molecule has 0 saturated carbocycles. The summed E-state index contributed by atoms with van der Waals surface area (Å²) in [5.41, 5.74) is 8.16. The fourth-order valence-corrected chi connectivity index (χ4v) is 2.83. The molecule has 0 unspecified atom stereocenters. The number of halogens is 1. The Morgan fingerprint density at radius 1 is 1.11 bits per heavy atom. The van der Waals surface area contributed by atoms with Crippen LogP contribution in [0.4, 0.5) is 0 Å².